The van der Waals surface area contributed by atoms with Crippen LogP contribution in [0, 0.1) is 5.92 Å². The van der Waals surface area contributed by atoms with Crippen LogP contribution >= 0.6 is 0 Å². The Morgan fingerprint density at radius 2 is 1.80 bits per heavy atom. The number of hydrogen-bond donors (Lipinski definition) is 1. The Kier molecular flexibility index (Phi) is 6.26. The van der Waals surface area contributed by atoms with Crippen molar-refractivity contribution < 1.29 is 9.59 Å². The Hall–Kier alpha value is -2.10. The zero-order valence-electron chi connectivity index (χ0n) is 14.9. The third-order valence-electron chi connectivity index (χ3n) is 5.28. The van der Waals surface area contributed by atoms with Crippen molar-refractivity contribution in [3.8, 4) is 0 Å². The van der Waals surface area contributed by atoms with E-state index in [1.807, 2.05) is 35.2 Å². The number of likely N-dealkylation sites (tertiary alicyclic amines) is 1. The van der Waals surface area contributed by atoms with Gasteiger partial charge < -0.3 is 10.2 Å². The van der Waals surface area contributed by atoms with Gasteiger partial charge in [0.25, 0.3) is 0 Å². The van der Waals surface area contributed by atoms with Crippen LogP contribution in [0.2, 0.25) is 0 Å². The molecule has 25 heavy (non-hydrogen) atoms. The van der Waals surface area contributed by atoms with Gasteiger partial charge in [0.15, 0.2) is 0 Å². The summed E-state index contributed by atoms with van der Waals surface area (Å²) in [6.45, 7) is 1.96. The van der Waals surface area contributed by atoms with Crippen LogP contribution < -0.4 is 5.32 Å². The summed E-state index contributed by atoms with van der Waals surface area (Å²) in [5, 5.41) is 3.03. The molecule has 0 spiro atoms. The summed E-state index contributed by atoms with van der Waals surface area (Å²) in [5.74, 6) is 0.338. The molecule has 0 saturated carbocycles. The van der Waals surface area contributed by atoms with Gasteiger partial charge in [-0.25, -0.2) is 0 Å². The third-order valence-corrected chi connectivity index (χ3v) is 5.28. The Balaban J connectivity index is 1.45. The number of carbonyl (C=O) groups is 2. The minimum Gasteiger partial charge on any atom is -0.352 e. The molecule has 1 aliphatic heterocycles. The molecule has 1 saturated heterocycles. The second kappa shape index (κ2) is 8.84. The van der Waals surface area contributed by atoms with Crippen molar-refractivity contribution in [1.29, 1.82) is 0 Å². The summed E-state index contributed by atoms with van der Waals surface area (Å²) in [5.41, 5.74) is 2.10. The number of amides is 2. The highest BCUT2D eigenvalue weighted by atomic mass is 16.2. The van der Waals surface area contributed by atoms with Crippen molar-refractivity contribution in [2.75, 3.05) is 13.1 Å². The lowest BCUT2D eigenvalue weighted by atomic mass is 9.95. The summed E-state index contributed by atoms with van der Waals surface area (Å²) in [7, 11) is 0. The van der Waals surface area contributed by atoms with Crippen LogP contribution in [-0.4, -0.2) is 29.8 Å². The molecule has 1 aliphatic carbocycles. The molecule has 1 heterocycles. The molecule has 3 rings (SSSR count). The predicted octanol–water partition coefficient (Wildman–Crippen LogP) is 3.43. The maximum absolute atomic E-state index is 12.7. The average Bonchev–Trinajstić information content (AvgIpc) is 2.96. The summed E-state index contributed by atoms with van der Waals surface area (Å²) in [4.78, 5) is 27.0. The minimum atomic E-state index is 0.0240. The van der Waals surface area contributed by atoms with E-state index in [1.54, 1.807) is 0 Å². The standard InChI is InChI=1S/C21H28N2O2/c24-20(22-16-17-8-4-3-5-9-17)18-12-14-23(15-13-18)21(25)19-10-6-1-2-7-11-19/h3-5,8-10,18H,1-2,6-7,11-16H2,(H,22,24). The Labute approximate surface area is 150 Å². The van der Waals surface area contributed by atoms with Gasteiger partial charge in [-0.15, -0.1) is 0 Å². The summed E-state index contributed by atoms with van der Waals surface area (Å²) < 4.78 is 0. The zero-order valence-corrected chi connectivity index (χ0v) is 14.9. The van der Waals surface area contributed by atoms with Crippen LogP contribution in [0.5, 0.6) is 0 Å². The second-order valence-corrected chi connectivity index (χ2v) is 7.10. The number of piperidine rings is 1. The third kappa shape index (κ3) is 4.94. The maximum Gasteiger partial charge on any atom is 0.249 e. The van der Waals surface area contributed by atoms with Crippen molar-refractivity contribution in [3.63, 3.8) is 0 Å². The van der Waals surface area contributed by atoms with E-state index in [4.69, 9.17) is 0 Å². The first-order valence-electron chi connectivity index (χ1n) is 9.54. The summed E-state index contributed by atoms with van der Waals surface area (Å²) >= 11 is 0. The van der Waals surface area contributed by atoms with Gasteiger partial charge in [-0.3, -0.25) is 9.59 Å². The molecule has 134 valence electrons. The van der Waals surface area contributed by atoms with Crippen LogP contribution in [0.1, 0.15) is 50.5 Å². The van der Waals surface area contributed by atoms with E-state index in [-0.39, 0.29) is 17.7 Å². The Morgan fingerprint density at radius 1 is 1.04 bits per heavy atom. The van der Waals surface area contributed by atoms with Crippen molar-refractivity contribution >= 4 is 11.8 Å². The molecule has 0 radical (unpaired) electrons. The first-order valence-corrected chi connectivity index (χ1v) is 9.54. The molecule has 1 fully saturated rings. The number of nitrogens with one attached hydrogen (secondary N) is 1. The first kappa shape index (κ1) is 17.7. The topological polar surface area (TPSA) is 49.4 Å². The van der Waals surface area contributed by atoms with Crippen LogP contribution in [0.3, 0.4) is 0 Å². The predicted molar refractivity (Wildman–Crippen MR) is 98.8 cm³/mol. The molecule has 0 unspecified atom stereocenters. The molecule has 4 nitrogen and oxygen atoms in total. The van der Waals surface area contributed by atoms with E-state index in [2.05, 4.69) is 11.4 Å². The number of allylic oxidation sites excluding steroid dienone is 1. The maximum atomic E-state index is 12.7. The molecule has 1 aromatic carbocycles. The van der Waals surface area contributed by atoms with E-state index in [9.17, 15) is 9.59 Å². The second-order valence-electron chi connectivity index (χ2n) is 7.10. The van der Waals surface area contributed by atoms with Crippen LogP contribution in [-0.2, 0) is 16.1 Å². The van der Waals surface area contributed by atoms with Gasteiger partial charge in [0.05, 0.1) is 0 Å². The first-order chi connectivity index (χ1) is 12.2. The molecule has 0 bridgehead atoms. The van der Waals surface area contributed by atoms with Gasteiger partial charge in [-0.2, -0.15) is 0 Å². The monoisotopic (exact) mass is 340 g/mol. The van der Waals surface area contributed by atoms with Crippen LogP contribution in [0.4, 0.5) is 0 Å². The van der Waals surface area contributed by atoms with Crippen molar-refractivity contribution in [2.45, 2.75) is 51.5 Å². The average molecular weight is 340 g/mol. The zero-order chi connectivity index (χ0) is 17.5. The van der Waals surface area contributed by atoms with Gasteiger partial charge in [0.2, 0.25) is 11.8 Å². The smallest absolute Gasteiger partial charge is 0.249 e. The lowest BCUT2D eigenvalue weighted by Gasteiger charge is -2.32. The van der Waals surface area contributed by atoms with Crippen LogP contribution in [0.25, 0.3) is 0 Å². The highest BCUT2D eigenvalue weighted by Gasteiger charge is 2.28. The fourth-order valence-corrected chi connectivity index (χ4v) is 3.69. The number of nitrogens with zero attached hydrogens (tertiary/aromatic N) is 1. The lowest BCUT2D eigenvalue weighted by Crippen LogP contribution is -2.43. The van der Waals surface area contributed by atoms with Gasteiger partial charge in [-0.1, -0.05) is 42.8 Å². The largest absolute Gasteiger partial charge is 0.352 e. The van der Waals surface area contributed by atoms with E-state index < -0.39 is 0 Å². The van der Waals surface area contributed by atoms with Crippen LogP contribution in [0.15, 0.2) is 42.0 Å². The number of benzene rings is 1. The van der Waals surface area contributed by atoms with Gasteiger partial charge >= 0.3 is 0 Å². The van der Waals surface area contributed by atoms with E-state index in [1.165, 1.54) is 12.8 Å². The Morgan fingerprint density at radius 3 is 2.56 bits per heavy atom. The number of carbonyl (C=O) groups excluding carboxylic acids is 2. The normalized spacial score (nSPS) is 19.0. The highest BCUT2D eigenvalue weighted by Crippen LogP contribution is 2.23. The SMILES string of the molecule is O=C(NCc1ccccc1)C1CCN(C(=O)C2=CCCCCC2)CC1. The van der Waals surface area contributed by atoms with Gasteiger partial charge in [-0.05, 0) is 44.1 Å². The summed E-state index contributed by atoms with van der Waals surface area (Å²) in [6.07, 6.45) is 9.14. The van der Waals surface area contributed by atoms with Crippen molar-refractivity contribution in [2.24, 2.45) is 5.92 Å². The summed E-state index contributed by atoms with van der Waals surface area (Å²) in [6, 6.07) is 9.97. The van der Waals surface area contributed by atoms with E-state index >= 15 is 0 Å². The quantitative estimate of drug-likeness (QED) is 0.913. The van der Waals surface area contributed by atoms with E-state index in [0.717, 1.165) is 43.2 Å². The molecule has 0 aromatic heterocycles. The van der Waals surface area contributed by atoms with Crippen molar-refractivity contribution in [1.82, 2.24) is 10.2 Å². The fraction of sp³-hybridized carbons (Fsp3) is 0.524. The molecule has 1 N–H and O–H groups in total. The molecule has 2 amide bonds. The molecular formula is C21H28N2O2. The highest BCUT2D eigenvalue weighted by molar-refractivity contribution is 5.93. The van der Waals surface area contributed by atoms with Gasteiger partial charge in [0.1, 0.15) is 0 Å². The number of rotatable bonds is 4. The molecular weight excluding hydrogens is 312 g/mol. The molecule has 0 atom stereocenters. The fourth-order valence-electron chi connectivity index (χ4n) is 3.69. The molecule has 4 heteroatoms. The molecule has 2 aliphatic rings. The molecule has 1 aromatic rings. The van der Waals surface area contributed by atoms with Crippen molar-refractivity contribution in [3.05, 3.63) is 47.5 Å². The number of hydrogen-bond acceptors (Lipinski definition) is 2. The van der Waals surface area contributed by atoms with E-state index in [0.29, 0.717) is 19.6 Å². The Bertz CT molecular complexity index is 616. The lowest BCUT2D eigenvalue weighted by molar-refractivity contribution is -0.133. The van der Waals surface area contributed by atoms with Gasteiger partial charge in [0, 0.05) is 31.1 Å². The minimum absolute atomic E-state index is 0.0240.